The van der Waals surface area contributed by atoms with E-state index >= 15 is 0 Å². The van der Waals surface area contributed by atoms with Crippen LogP contribution in [0.1, 0.15) is 97.8 Å². The third-order valence-electron chi connectivity index (χ3n) is 4.94. The first kappa shape index (κ1) is 26.9. The highest BCUT2D eigenvalue weighted by molar-refractivity contribution is 5.72. The van der Waals surface area contributed by atoms with E-state index in [4.69, 9.17) is 14.2 Å². The van der Waals surface area contributed by atoms with Crippen LogP contribution in [-0.2, 0) is 23.8 Å². The SMILES string of the molecule is CCCCCCC(CCOC)CCOC(=O)CCCC(=O)OCCCC(C)C. The van der Waals surface area contributed by atoms with E-state index in [1.807, 2.05) is 0 Å². The fourth-order valence-electron chi connectivity index (χ4n) is 3.12. The number of esters is 2. The summed E-state index contributed by atoms with van der Waals surface area (Å²) in [6, 6.07) is 0. The van der Waals surface area contributed by atoms with Gasteiger partial charge in [0.15, 0.2) is 0 Å². The Balaban J connectivity index is 3.79. The van der Waals surface area contributed by atoms with E-state index < -0.39 is 0 Å². The van der Waals surface area contributed by atoms with Crippen LogP contribution in [0.2, 0.25) is 0 Å². The van der Waals surface area contributed by atoms with Crippen molar-refractivity contribution in [3.8, 4) is 0 Å². The fourth-order valence-corrected chi connectivity index (χ4v) is 3.12. The molecule has 0 bridgehead atoms. The van der Waals surface area contributed by atoms with Crippen LogP contribution < -0.4 is 0 Å². The zero-order chi connectivity index (χ0) is 21.0. The highest BCUT2D eigenvalue weighted by atomic mass is 16.5. The number of methoxy groups -OCH3 is 1. The van der Waals surface area contributed by atoms with Crippen molar-refractivity contribution in [3.63, 3.8) is 0 Å². The molecule has 0 radical (unpaired) electrons. The Morgan fingerprint density at radius 3 is 1.96 bits per heavy atom. The Morgan fingerprint density at radius 1 is 0.714 bits per heavy atom. The maximum atomic E-state index is 11.9. The van der Waals surface area contributed by atoms with Gasteiger partial charge < -0.3 is 14.2 Å². The lowest BCUT2D eigenvalue weighted by Crippen LogP contribution is -2.13. The first-order chi connectivity index (χ1) is 13.5. The molecule has 0 aromatic carbocycles. The second-order valence-electron chi connectivity index (χ2n) is 8.12. The molecule has 0 rings (SSSR count). The van der Waals surface area contributed by atoms with Crippen molar-refractivity contribution in [1.82, 2.24) is 0 Å². The number of carbonyl (C=O) groups excluding carboxylic acids is 2. The molecule has 0 aromatic rings. The largest absolute Gasteiger partial charge is 0.466 e. The monoisotopic (exact) mass is 400 g/mol. The van der Waals surface area contributed by atoms with E-state index in [1.165, 1.54) is 32.1 Å². The van der Waals surface area contributed by atoms with Crippen LogP contribution in [0.4, 0.5) is 0 Å². The lowest BCUT2D eigenvalue weighted by Gasteiger charge is -2.16. The van der Waals surface area contributed by atoms with Gasteiger partial charge in [0.25, 0.3) is 0 Å². The van der Waals surface area contributed by atoms with Crippen molar-refractivity contribution in [2.45, 2.75) is 97.8 Å². The maximum absolute atomic E-state index is 11.9. The summed E-state index contributed by atoms with van der Waals surface area (Å²) < 4.78 is 15.7. The predicted octanol–water partition coefficient (Wildman–Crippen LogP) is 5.69. The Morgan fingerprint density at radius 2 is 1.36 bits per heavy atom. The van der Waals surface area contributed by atoms with Crippen LogP contribution in [0.5, 0.6) is 0 Å². The van der Waals surface area contributed by atoms with Crippen LogP contribution >= 0.6 is 0 Å². The minimum Gasteiger partial charge on any atom is -0.466 e. The second-order valence-corrected chi connectivity index (χ2v) is 8.12. The third-order valence-corrected chi connectivity index (χ3v) is 4.94. The molecule has 5 heteroatoms. The van der Waals surface area contributed by atoms with E-state index in [1.54, 1.807) is 7.11 Å². The summed E-state index contributed by atoms with van der Waals surface area (Å²) in [5, 5.41) is 0. The van der Waals surface area contributed by atoms with E-state index in [-0.39, 0.29) is 24.8 Å². The van der Waals surface area contributed by atoms with E-state index in [9.17, 15) is 9.59 Å². The summed E-state index contributed by atoms with van der Waals surface area (Å²) >= 11 is 0. The molecule has 0 amide bonds. The topological polar surface area (TPSA) is 61.8 Å². The molecule has 1 unspecified atom stereocenters. The average Bonchev–Trinajstić information content (AvgIpc) is 2.66. The molecule has 0 N–H and O–H groups in total. The molecule has 0 saturated heterocycles. The van der Waals surface area contributed by atoms with Crippen LogP contribution in [0, 0.1) is 11.8 Å². The van der Waals surface area contributed by atoms with Gasteiger partial charge >= 0.3 is 11.9 Å². The second kappa shape index (κ2) is 19.2. The summed E-state index contributed by atoms with van der Waals surface area (Å²) in [5.74, 6) is 0.733. The number of rotatable bonds is 19. The van der Waals surface area contributed by atoms with E-state index in [2.05, 4.69) is 20.8 Å². The van der Waals surface area contributed by atoms with Gasteiger partial charge in [0.1, 0.15) is 0 Å². The highest BCUT2D eigenvalue weighted by Gasteiger charge is 2.11. The summed E-state index contributed by atoms with van der Waals surface area (Å²) in [6.07, 6.45) is 11.1. The Labute approximate surface area is 172 Å². The van der Waals surface area contributed by atoms with Gasteiger partial charge in [-0.1, -0.05) is 52.9 Å². The molecule has 5 nitrogen and oxygen atoms in total. The molecule has 28 heavy (non-hydrogen) atoms. The summed E-state index contributed by atoms with van der Waals surface area (Å²) in [4.78, 5) is 23.5. The lowest BCUT2D eigenvalue weighted by atomic mass is 9.95. The van der Waals surface area contributed by atoms with E-state index in [0.717, 1.165) is 32.3 Å². The van der Waals surface area contributed by atoms with Gasteiger partial charge in [-0.15, -0.1) is 0 Å². The van der Waals surface area contributed by atoms with Gasteiger partial charge in [-0.2, -0.15) is 0 Å². The number of carbonyl (C=O) groups is 2. The van der Waals surface area contributed by atoms with E-state index in [0.29, 0.717) is 31.5 Å². The van der Waals surface area contributed by atoms with Crippen molar-refractivity contribution in [1.29, 1.82) is 0 Å². The fraction of sp³-hybridized carbons (Fsp3) is 0.913. The van der Waals surface area contributed by atoms with Crippen LogP contribution in [0.3, 0.4) is 0 Å². The highest BCUT2D eigenvalue weighted by Crippen LogP contribution is 2.18. The molecule has 0 spiro atoms. The van der Waals surface area contributed by atoms with Crippen LogP contribution in [-0.4, -0.2) is 38.9 Å². The molecule has 1 atom stereocenters. The van der Waals surface area contributed by atoms with Crippen LogP contribution in [0.15, 0.2) is 0 Å². The Kier molecular flexibility index (Phi) is 18.5. The predicted molar refractivity (Wildman–Crippen MR) is 113 cm³/mol. The quantitative estimate of drug-likeness (QED) is 0.206. The zero-order valence-electron chi connectivity index (χ0n) is 18.8. The van der Waals surface area contributed by atoms with Crippen molar-refractivity contribution in [3.05, 3.63) is 0 Å². The molecule has 0 heterocycles. The number of ether oxygens (including phenoxy) is 3. The average molecular weight is 401 g/mol. The number of hydrogen-bond acceptors (Lipinski definition) is 5. The van der Waals surface area contributed by atoms with Crippen molar-refractivity contribution in [2.75, 3.05) is 26.9 Å². The Bertz CT molecular complexity index is 381. The maximum Gasteiger partial charge on any atom is 0.305 e. The first-order valence-electron chi connectivity index (χ1n) is 11.3. The van der Waals surface area contributed by atoms with Gasteiger partial charge in [-0.25, -0.2) is 0 Å². The number of hydrogen-bond donors (Lipinski definition) is 0. The normalized spacial score (nSPS) is 12.2. The van der Waals surface area contributed by atoms with Crippen molar-refractivity contribution < 1.29 is 23.8 Å². The Hall–Kier alpha value is -1.10. The molecule has 166 valence electrons. The van der Waals surface area contributed by atoms with Gasteiger partial charge in [-0.3, -0.25) is 9.59 Å². The van der Waals surface area contributed by atoms with Crippen LogP contribution in [0.25, 0.3) is 0 Å². The minimum atomic E-state index is -0.219. The third kappa shape index (κ3) is 18.3. The molecular formula is C23H44O5. The first-order valence-corrected chi connectivity index (χ1v) is 11.3. The van der Waals surface area contributed by atoms with Gasteiger partial charge in [0, 0.05) is 26.6 Å². The summed E-state index contributed by atoms with van der Waals surface area (Å²) in [5.41, 5.74) is 0. The molecule has 0 saturated carbocycles. The molecule has 0 aliphatic carbocycles. The summed E-state index contributed by atoms with van der Waals surface area (Å²) in [7, 11) is 1.73. The van der Waals surface area contributed by atoms with Crippen molar-refractivity contribution in [2.24, 2.45) is 11.8 Å². The van der Waals surface area contributed by atoms with Gasteiger partial charge in [-0.05, 0) is 43.9 Å². The molecular weight excluding hydrogens is 356 g/mol. The van der Waals surface area contributed by atoms with Crippen molar-refractivity contribution >= 4 is 11.9 Å². The standard InChI is InChI=1S/C23H44O5/c1-5-6-7-8-12-21(15-18-26-4)16-19-28-23(25)14-9-13-22(24)27-17-10-11-20(2)3/h20-21H,5-19H2,1-4H3. The molecule has 0 aliphatic rings. The molecule has 0 aliphatic heterocycles. The molecule has 0 aromatic heterocycles. The smallest absolute Gasteiger partial charge is 0.305 e. The number of unbranched alkanes of at least 4 members (excludes halogenated alkanes) is 3. The summed E-state index contributed by atoms with van der Waals surface area (Å²) in [6.45, 7) is 8.21. The van der Waals surface area contributed by atoms with Gasteiger partial charge in [0.2, 0.25) is 0 Å². The lowest BCUT2D eigenvalue weighted by molar-refractivity contribution is -0.145. The molecule has 0 fully saturated rings. The zero-order valence-corrected chi connectivity index (χ0v) is 18.8. The van der Waals surface area contributed by atoms with Gasteiger partial charge in [0.05, 0.1) is 13.2 Å². The minimum absolute atomic E-state index is 0.218.